The highest BCUT2D eigenvalue weighted by Crippen LogP contribution is 2.13. The highest BCUT2D eigenvalue weighted by atomic mass is 16.5. The van der Waals surface area contributed by atoms with Gasteiger partial charge in [-0.05, 0) is 19.1 Å². The molecule has 0 atom stereocenters. The zero-order valence-corrected chi connectivity index (χ0v) is 16.3. The van der Waals surface area contributed by atoms with E-state index in [-0.39, 0.29) is 11.6 Å². The summed E-state index contributed by atoms with van der Waals surface area (Å²) >= 11 is 0. The third-order valence-electron chi connectivity index (χ3n) is 5.38. The summed E-state index contributed by atoms with van der Waals surface area (Å²) in [6, 6.07) is 9.61. The first-order valence-corrected chi connectivity index (χ1v) is 9.59. The van der Waals surface area contributed by atoms with Gasteiger partial charge in [-0.25, -0.2) is 4.79 Å². The van der Waals surface area contributed by atoms with E-state index in [1.54, 1.807) is 16.2 Å². The van der Waals surface area contributed by atoms with Gasteiger partial charge >= 0.3 is 5.69 Å². The standard InChI is InChI=1S/C20H25N5O3/c1-15-13-16(28-21-15)14-23-9-11-24(12-10-23)19(26)7-8-25-18-6-4-3-5-17(18)22(2)20(25)27/h3-6,13H,7-12,14H2,1-2H3. The highest BCUT2D eigenvalue weighted by Gasteiger charge is 2.22. The fourth-order valence-corrected chi connectivity index (χ4v) is 3.81. The van der Waals surface area contributed by atoms with Crippen molar-refractivity contribution in [1.82, 2.24) is 24.1 Å². The molecule has 28 heavy (non-hydrogen) atoms. The maximum atomic E-state index is 12.7. The van der Waals surface area contributed by atoms with E-state index in [0.29, 0.717) is 32.6 Å². The molecule has 1 aliphatic rings. The SMILES string of the molecule is Cc1cc(CN2CCN(C(=O)CCn3c(=O)n(C)c4ccccc43)CC2)on1. The lowest BCUT2D eigenvalue weighted by Gasteiger charge is -2.34. The van der Waals surface area contributed by atoms with Crippen LogP contribution in [0.1, 0.15) is 17.9 Å². The average molecular weight is 383 g/mol. The van der Waals surface area contributed by atoms with Crippen molar-refractivity contribution in [3.8, 4) is 0 Å². The predicted octanol–water partition coefficient (Wildman–Crippen LogP) is 1.37. The van der Waals surface area contributed by atoms with Crippen LogP contribution in [0.2, 0.25) is 0 Å². The van der Waals surface area contributed by atoms with Gasteiger partial charge < -0.3 is 9.42 Å². The smallest absolute Gasteiger partial charge is 0.328 e. The van der Waals surface area contributed by atoms with Gasteiger partial charge in [0.15, 0.2) is 5.76 Å². The average Bonchev–Trinajstić information content (AvgIpc) is 3.22. The Balaban J connectivity index is 1.33. The number of piperazine rings is 1. The fraction of sp³-hybridized carbons (Fsp3) is 0.450. The lowest BCUT2D eigenvalue weighted by molar-refractivity contribution is -0.133. The van der Waals surface area contributed by atoms with Crippen molar-refractivity contribution >= 4 is 16.9 Å². The summed E-state index contributed by atoms with van der Waals surface area (Å²) in [5.74, 6) is 0.947. The quantitative estimate of drug-likeness (QED) is 0.665. The second-order valence-corrected chi connectivity index (χ2v) is 7.32. The van der Waals surface area contributed by atoms with Crippen LogP contribution in [0.4, 0.5) is 0 Å². The Morgan fingerprint density at radius 3 is 2.54 bits per heavy atom. The van der Waals surface area contributed by atoms with Crippen molar-refractivity contribution in [2.75, 3.05) is 26.2 Å². The molecule has 1 aromatic carbocycles. The van der Waals surface area contributed by atoms with Crippen LogP contribution >= 0.6 is 0 Å². The Morgan fingerprint density at radius 2 is 1.86 bits per heavy atom. The molecule has 2 aromatic heterocycles. The zero-order valence-electron chi connectivity index (χ0n) is 16.3. The normalized spacial score (nSPS) is 15.4. The van der Waals surface area contributed by atoms with Gasteiger partial charge in [-0.3, -0.25) is 18.8 Å². The van der Waals surface area contributed by atoms with E-state index in [2.05, 4.69) is 10.1 Å². The number of hydrogen-bond donors (Lipinski definition) is 0. The van der Waals surface area contributed by atoms with E-state index in [1.165, 1.54) is 0 Å². The van der Waals surface area contributed by atoms with Crippen LogP contribution in [0, 0.1) is 6.92 Å². The molecule has 3 heterocycles. The van der Waals surface area contributed by atoms with Crippen molar-refractivity contribution in [3.05, 3.63) is 52.3 Å². The Kier molecular flexibility index (Phi) is 5.04. The summed E-state index contributed by atoms with van der Waals surface area (Å²) < 4.78 is 8.59. The molecule has 0 aliphatic carbocycles. The number of carbonyl (C=O) groups excluding carboxylic acids is 1. The summed E-state index contributed by atoms with van der Waals surface area (Å²) in [7, 11) is 1.76. The summed E-state index contributed by atoms with van der Waals surface area (Å²) in [6.07, 6.45) is 0.329. The molecule has 8 heteroatoms. The predicted molar refractivity (Wildman–Crippen MR) is 105 cm³/mol. The van der Waals surface area contributed by atoms with Crippen molar-refractivity contribution in [2.45, 2.75) is 26.4 Å². The van der Waals surface area contributed by atoms with E-state index >= 15 is 0 Å². The largest absolute Gasteiger partial charge is 0.360 e. The van der Waals surface area contributed by atoms with Crippen molar-refractivity contribution in [1.29, 1.82) is 0 Å². The molecule has 0 unspecified atom stereocenters. The van der Waals surface area contributed by atoms with E-state index < -0.39 is 0 Å². The number of hydrogen-bond acceptors (Lipinski definition) is 5. The summed E-state index contributed by atoms with van der Waals surface area (Å²) in [5, 5.41) is 3.91. The van der Waals surface area contributed by atoms with Crippen molar-refractivity contribution in [3.63, 3.8) is 0 Å². The third-order valence-corrected chi connectivity index (χ3v) is 5.38. The van der Waals surface area contributed by atoms with Crippen molar-refractivity contribution in [2.24, 2.45) is 7.05 Å². The minimum absolute atomic E-state index is 0.0822. The molecular formula is C20H25N5O3. The number of benzene rings is 1. The number of fused-ring (bicyclic) bond motifs is 1. The molecule has 148 valence electrons. The van der Waals surface area contributed by atoms with Crippen LogP contribution in [0.5, 0.6) is 0 Å². The second kappa shape index (κ2) is 7.63. The van der Waals surface area contributed by atoms with Gasteiger partial charge in [0.2, 0.25) is 5.91 Å². The molecule has 8 nitrogen and oxygen atoms in total. The number of rotatable bonds is 5. The number of imidazole rings is 1. The number of nitrogens with zero attached hydrogens (tertiary/aromatic N) is 5. The molecule has 1 amide bonds. The Bertz CT molecular complexity index is 1040. The summed E-state index contributed by atoms with van der Waals surface area (Å²) in [6.45, 7) is 6.02. The van der Waals surface area contributed by atoms with Crippen LogP contribution in [0.3, 0.4) is 0 Å². The number of aryl methyl sites for hydroxylation is 3. The number of amides is 1. The molecule has 1 saturated heterocycles. The fourth-order valence-electron chi connectivity index (χ4n) is 3.81. The molecule has 0 saturated carbocycles. The van der Waals surface area contributed by atoms with Crippen LogP contribution in [0.15, 0.2) is 39.6 Å². The second-order valence-electron chi connectivity index (χ2n) is 7.32. The topological polar surface area (TPSA) is 76.5 Å². The van der Waals surface area contributed by atoms with Gasteiger partial charge in [0.05, 0.1) is 23.3 Å². The van der Waals surface area contributed by atoms with E-state index in [4.69, 9.17) is 4.52 Å². The van der Waals surface area contributed by atoms with Crippen LogP contribution in [-0.4, -0.2) is 56.2 Å². The summed E-state index contributed by atoms with van der Waals surface area (Å²) in [4.78, 5) is 29.3. The Labute approximate surface area is 162 Å². The maximum absolute atomic E-state index is 12.7. The molecule has 0 spiro atoms. The van der Waals surface area contributed by atoms with Gasteiger partial charge in [-0.1, -0.05) is 17.3 Å². The van der Waals surface area contributed by atoms with E-state index in [0.717, 1.165) is 35.6 Å². The number of carbonyl (C=O) groups is 1. The molecule has 0 radical (unpaired) electrons. The molecular weight excluding hydrogens is 358 g/mol. The molecule has 0 bridgehead atoms. The molecule has 4 rings (SSSR count). The van der Waals surface area contributed by atoms with Gasteiger partial charge in [0.1, 0.15) is 0 Å². The molecule has 3 aromatic rings. The maximum Gasteiger partial charge on any atom is 0.328 e. The first-order valence-electron chi connectivity index (χ1n) is 9.59. The molecule has 0 N–H and O–H groups in total. The minimum atomic E-state index is -0.0822. The first kappa shape index (κ1) is 18.5. The highest BCUT2D eigenvalue weighted by molar-refractivity contribution is 5.78. The number of aromatic nitrogens is 3. The van der Waals surface area contributed by atoms with Crippen molar-refractivity contribution < 1.29 is 9.32 Å². The van der Waals surface area contributed by atoms with Crippen LogP contribution in [-0.2, 0) is 24.9 Å². The number of para-hydroxylation sites is 2. The van der Waals surface area contributed by atoms with Crippen LogP contribution in [0.25, 0.3) is 11.0 Å². The Morgan fingerprint density at radius 1 is 1.14 bits per heavy atom. The van der Waals surface area contributed by atoms with E-state index in [9.17, 15) is 9.59 Å². The zero-order chi connectivity index (χ0) is 19.7. The van der Waals surface area contributed by atoms with Gasteiger partial charge in [0.25, 0.3) is 0 Å². The summed E-state index contributed by atoms with van der Waals surface area (Å²) in [5.41, 5.74) is 2.56. The van der Waals surface area contributed by atoms with Gasteiger partial charge in [-0.15, -0.1) is 0 Å². The minimum Gasteiger partial charge on any atom is -0.360 e. The lowest BCUT2D eigenvalue weighted by Crippen LogP contribution is -2.48. The Hall–Kier alpha value is -2.87. The monoisotopic (exact) mass is 383 g/mol. The van der Waals surface area contributed by atoms with Gasteiger partial charge in [0, 0.05) is 52.3 Å². The van der Waals surface area contributed by atoms with Crippen LogP contribution < -0.4 is 5.69 Å². The third kappa shape index (κ3) is 3.60. The molecule has 1 fully saturated rings. The van der Waals surface area contributed by atoms with Gasteiger partial charge in [-0.2, -0.15) is 0 Å². The lowest BCUT2D eigenvalue weighted by atomic mass is 10.2. The first-order chi connectivity index (χ1) is 13.5. The molecule has 1 aliphatic heterocycles. The van der Waals surface area contributed by atoms with E-state index in [1.807, 2.05) is 42.2 Å².